The summed E-state index contributed by atoms with van der Waals surface area (Å²) < 4.78 is 140. The van der Waals surface area contributed by atoms with Crippen LogP contribution in [0.2, 0.25) is 0 Å². The molecule has 0 fully saturated rings. The Morgan fingerprint density at radius 3 is 1.94 bits per heavy atom. The predicted octanol–water partition coefficient (Wildman–Crippen LogP) is 8.86. The lowest BCUT2D eigenvalue weighted by Gasteiger charge is -2.19. The molecule has 0 atom stereocenters. The van der Waals surface area contributed by atoms with Crippen LogP contribution in [0.1, 0.15) is 30.0 Å². The number of benzene rings is 3. The van der Waals surface area contributed by atoms with Gasteiger partial charge in [0.25, 0.3) is 0 Å². The van der Waals surface area contributed by atoms with Crippen LogP contribution in [0, 0.1) is 23.3 Å². The van der Waals surface area contributed by atoms with Gasteiger partial charge in [-0.05, 0) is 29.7 Å². The molecule has 36 heavy (non-hydrogen) atoms. The predicted molar refractivity (Wildman–Crippen MR) is 112 cm³/mol. The molecule has 0 aliphatic heterocycles. The standard InChI is InChI=1S/C25H16F10O/c1-2-3-14-6-9-17(23(30)22(14)29)13-4-7-15(8-5-13)25(34,35)36-16-10-18(26)21(19(27)11-16)20(28)12-24(31,32)33/h4-12H,2-3H2,1H3. The van der Waals surface area contributed by atoms with E-state index in [9.17, 15) is 43.9 Å². The van der Waals surface area contributed by atoms with E-state index in [4.69, 9.17) is 0 Å². The van der Waals surface area contributed by atoms with Gasteiger partial charge in [-0.25, -0.2) is 22.0 Å². The zero-order chi connectivity index (χ0) is 26.8. The third-order valence-electron chi connectivity index (χ3n) is 5.00. The molecular formula is C25H16F10O. The Balaban J connectivity index is 1.86. The van der Waals surface area contributed by atoms with Crippen LogP contribution in [-0.2, 0) is 12.5 Å². The van der Waals surface area contributed by atoms with Crippen molar-refractivity contribution in [2.75, 3.05) is 0 Å². The van der Waals surface area contributed by atoms with Gasteiger partial charge in [-0.1, -0.05) is 37.6 Å². The molecule has 0 amide bonds. The van der Waals surface area contributed by atoms with Crippen molar-refractivity contribution in [3.63, 3.8) is 0 Å². The maximum absolute atomic E-state index is 14.6. The van der Waals surface area contributed by atoms with Gasteiger partial charge in [0.2, 0.25) is 0 Å². The summed E-state index contributed by atoms with van der Waals surface area (Å²) in [4.78, 5) is 0. The summed E-state index contributed by atoms with van der Waals surface area (Å²) >= 11 is 0. The van der Waals surface area contributed by atoms with Gasteiger partial charge in [-0.2, -0.15) is 22.0 Å². The molecule has 0 unspecified atom stereocenters. The minimum Gasteiger partial charge on any atom is -0.429 e. The fraction of sp³-hybridized carbons (Fsp3) is 0.200. The highest BCUT2D eigenvalue weighted by molar-refractivity contribution is 5.65. The normalized spacial score (nSPS) is 12.7. The van der Waals surface area contributed by atoms with Gasteiger partial charge in [0, 0.05) is 17.7 Å². The molecule has 0 bridgehead atoms. The number of allylic oxidation sites excluding steroid dienone is 1. The largest absolute Gasteiger partial charge is 0.429 e. The lowest BCUT2D eigenvalue weighted by molar-refractivity contribution is -0.185. The topological polar surface area (TPSA) is 9.23 Å². The third-order valence-corrected chi connectivity index (χ3v) is 5.00. The molecule has 3 rings (SSSR count). The van der Waals surface area contributed by atoms with E-state index in [2.05, 4.69) is 4.74 Å². The fourth-order valence-corrected chi connectivity index (χ4v) is 3.38. The molecule has 0 saturated carbocycles. The van der Waals surface area contributed by atoms with Gasteiger partial charge in [0.05, 0.1) is 17.2 Å². The van der Waals surface area contributed by atoms with E-state index >= 15 is 0 Å². The van der Waals surface area contributed by atoms with Gasteiger partial charge < -0.3 is 4.74 Å². The molecule has 1 nitrogen and oxygen atoms in total. The molecule has 11 heteroatoms. The Labute approximate surface area is 198 Å². The van der Waals surface area contributed by atoms with Crippen LogP contribution in [0.4, 0.5) is 43.9 Å². The molecule has 192 valence electrons. The average Bonchev–Trinajstić information content (AvgIpc) is 2.75. The first-order valence-electron chi connectivity index (χ1n) is 10.3. The van der Waals surface area contributed by atoms with Gasteiger partial charge in [0.1, 0.15) is 23.2 Å². The van der Waals surface area contributed by atoms with Crippen LogP contribution >= 0.6 is 0 Å². The second-order valence-electron chi connectivity index (χ2n) is 7.64. The molecular weight excluding hydrogens is 506 g/mol. The molecule has 0 spiro atoms. The lowest BCUT2D eigenvalue weighted by atomic mass is 9.99. The fourth-order valence-electron chi connectivity index (χ4n) is 3.38. The lowest BCUT2D eigenvalue weighted by Crippen LogP contribution is -2.22. The first kappa shape index (κ1) is 27.1. The van der Waals surface area contributed by atoms with Crippen molar-refractivity contribution in [3.8, 4) is 16.9 Å². The minimum absolute atomic E-state index is 0.0577. The second-order valence-corrected chi connectivity index (χ2v) is 7.64. The van der Waals surface area contributed by atoms with Gasteiger partial charge in [-0.15, -0.1) is 0 Å². The molecule has 0 aliphatic rings. The highest BCUT2D eigenvalue weighted by atomic mass is 19.4. The number of hydrogen-bond acceptors (Lipinski definition) is 1. The summed E-state index contributed by atoms with van der Waals surface area (Å²) in [5.41, 5.74) is -2.51. The Morgan fingerprint density at radius 1 is 0.833 bits per heavy atom. The van der Waals surface area contributed by atoms with E-state index in [0.29, 0.717) is 12.8 Å². The Hall–Kier alpha value is -3.50. The van der Waals surface area contributed by atoms with Crippen LogP contribution in [0.15, 0.2) is 54.6 Å². The van der Waals surface area contributed by atoms with E-state index in [-0.39, 0.29) is 28.8 Å². The summed E-state index contributed by atoms with van der Waals surface area (Å²) in [6.07, 6.45) is -9.54. The molecule has 0 radical (unpaired) electrons. The summed E-state index contributed by atoms with van der Waals surface area (Å²) in [6.45, 7) is 1.78. The first-order valence-corrected chi connectivity index (χ1v) is 10.3. The van der Waals surface area contributed by atoms with Crippen molar-refractivity contribution in [1.82, 2.24) is 0 Å². The number of aryl methyl sites for hydroxylation is 1. The smallest absolute Gasteiger partial charge is 0.426 e. The molecule has 0 aromatic heterocycles. The molecule has 0 N–H and O–H groups in total. The maximum atomic E-state index is 14.6. The number of rotatable bonds is 7. The van der Waals surface area contributed by atoms with Gasteiger partial charge in [-0.3, -0.25) is 0 Å². The average molecular weight is 522 g/mol. The Morgan fingerprint density at radius 2 is 1.42 bits per heavy atom. The number of ether oxygens (including phenoxy) is 1. The maximum Gasteiger partial charge on any atom is 0.426 e. The van der Waals surface area contributed by atoms with E-state index in [1.807, 2.05) is 0 Å². The van der Waals surface area contributed by atoms with E-state index in [1.165, 1.54) is 12.1 Å². The second kappa shape index (κ2) is 10.2. The van der Waals surface area contributed by atoms with E-state index in [1.54, 1.807) is 6.92 Å². The molecule has 3 aromatic rings. The summed E-state index contributed by atoms with van der Waals surface area (Å²) in [5.74, 6) is -9.45. The van der Waals surface area contributed by atoms with E-state index in [0.717, 1.165) is 24.3 Å². The quantitative estimate of drug-likeness (QED) is 0.282. The van der Waals surface area contributed by atoms with Crippen molar-refractivity contribution in [3.05, 3.63) is 94.6 Å². The number of alkyl halides is 5. The number of hydrogen-bond donors (Lipinski definition) is 0. The van der Waals surface area contributed by atoms with Crippen molar-refractivity contribution in [2.45, 2.75) is 32.1 Å². The summed E-state index contributed by atoms with van der Waals surface area (Å²) in [5, 5.41) is 0. The monoisotopic (exact) mass is 522 g/mol. The molecule has 0 aliphatic carbocycles. The van der Waals surface area contributed by atoms with Crippen molar-refractivity contribution in [1.29, 1.82) is 0 Å². The molecule has 0 heterocycles. The third kappa shape index (κ3) is 6.00. The molecule has 0 saturated heterocycles. The number of halogens is 10. The molecule has 3 aromatic carbocycles. The highest BCUT2D eigenvalue weighted by Crippen LogP contribution is 2.36. The van der Waals surface area contributed by atoms with Crippen LogP contribution in [-0.4, -0.2) is 6.18 Å². The zero-order valence-electron chi connectivity index (χ0n) is 18.3. The van der Waals surface area contributed by atoms with Crippen LogP contribution in [0.25, 0.3) is 17.0 Å². The van der Waals surface area contributed by atoms with Gasteiger partial charge >= 0.3 is 12.3 Å². The van der Waals surface area contributed by atoms with E-state index < -0.39 is 64.3 Å². The van der Waals surface area contributed by atoms with Crippen LogP contribution in [0.3, 0.4) is 0 Å². The highest BCUT2D eigenvalue weighted by Gasteiger charge is 2.35. The Kier molecular flexibility index (Phi) is 7.70. The van der Waals surface area contributed by atoms with Crippen molar-refractivity contribution < 1.29 is 48.6 Å². The minimum atomic E-state index is -5.22. The SMILES string of the molecule is CCCc1ccc(-c2ccc(C(F)(F)Oc3cc(F)c(C(F)=CC(F)(F)F)c(F)c3)cc2)c(F)c1F. The van der Waals surface area contributed by atoms with Crippen LogP contribution in [0.5, 0.6) is 5.75 Å². The summed E-state index contributed by atoms with van der Waals surface area (Å²) in [7, 11) is 0. The summed E-state index contributed by atoms with van der Waals surface area (Å²) in [6, 6.07) is 6.58. The Bertz CT molecular complexity index is 1250. The first-order chi connectivity index (χ1) is 16.7. The zero-order valence-corrected chi connectivity index (χ0v) is 18.3. The van der Waals surface area contributed by atoms with Crippen molar-refractivity contribution in [2.24, 2.45) is 0 Å². The van der Waals surface area contributed by atoms with Crippen molar-refractivity contribution >= 4 is 5.83 Å². The van der Waals surface area contributed by atoms with Crippen LogP contribution < -0.4 is 4.74 Å². The van der Waals surface area contributed by atoms with Gasteiger partial charge in [0.15, 0.2) is 11.6 Å².